The van der Waals surface area contributed by atoms with E-state index in [9.17, 15) is 9.90 Å². The number of nitrogens with one attached hydrogen (secondary N) is 1. The topological polar surface area (TPSA) is 69.2 Å². The minimum absolute atomic E-state index is 0.0419. The fraction of sp³-hybridized carbons (Fsp3) is 0.667. The van der Waals surface area contributed by atoms with Crippen LogP contribution in [0, 0.1) is 5.41 Å². The molecule has 0 aromatic carbocycles. The maximum Gasteiger partial charge on any atom is 0.408 e. The van der Waals surface area contributed by atoms with Crippen molar-refractivity contribution >= 4 is 6.09 Å². The second kappa shape index (κ2) is 4.05. The highest BCUT2D eigenvalue weighted by atomic mass is 16.4. The number of aromatic amines is 1. The molecular formula is C12H19N3O2. The molecule has 17 heavy (non-hydrogen) atoms. The predicted molar refractivity (Wildman–Crippen MR) is 63.7 cm³/mol. The molecule has 2 atom stereocenters. The summed E-state index contributed by atoms with van der Waals surface area (Å²) in [5.41, 5.74) is -0.0419. The van der Waals surface area contributed by atoms with E-state index in [1.165, 1.54) is 0 Å². The summed E-state index contributed by atoms with van der Waals surface area (Å²) >= 11 is 0. The van der Waals surface area contributed by atoms with Crippen LogP contribution < -0.4 is 0 Å². The Morgan fingerprint density at radius 2 is 2.24 bits per heavy atom. The highest BCUT2D eigenvalue weighted by Crippen LogP contribution is 2.41. The summed E-state index contributed by atoms with van der Waals surface area (Å²) in [6.07, 6.45) is 4.27. The van der Waals surface area contributed by atoms with Crippen LogP contribution in [0.5, 0.6) is 0 Å². The normalized spacial score (nSPS) is 25.2. The molecule has 2 N–H and O–H groups in total. The molecule has 2 unspecified atom stereocenters. The van der Waals surface area contributed by atoms with Crippen molar-refractivity contribution in [2.24, 2.45) is 5.41 Å². The molecule has 0 radical (unpaired) electrons. The van der Waals surface area contributed by atoms with Crippen molar-refractivity contribution in [1.29, 1.82) is 0 Å². The van der Waals surface area contributed by atoms with Crippen molar-refractivity contribution in [3.8, 4) is 0 Å². The van der Waals surface area contributed by atoms with Gasteiger partial charge in [0.25, 0.3) is 0 Å². The zero-order valence-corrected chi connectivity index (χ0v) is 10.5. The molecule has 1 amide bonds. The zero-order valence-electron chi connectivity index (χ0n) is 10.5. The molecule has 5 heteroatoms. The van der Waals surface area contributed by atoms with E-state index in [4.69, 9.17) is 0 Å². The van der Waals surface area contributed by atoms with E-state index in [0.29, 0.717) is 0 Å². The number of hydrogen-bond acceptors (Lipinski definition) is 2. The average Bonchev–Trinajstić information content (AvgIpc) is 2.84. The van der Waals surface area contributed by atoms with Gasteiger partial charge in [0.2, 0.25) is 0 Å². The maximum absolute atomic E-state index is 11.4. The van der Waals surface area contributed by atoms with Gasteiger partial charge in [-0.1, -0.05) is 20.8 Å². The first-order valence-electron chi connectivity index (χ1n) is 5.92. The summed E-state index contributed by atoms with van der Waals surface area (Å²) in [6, 6.07) is -0.0816. The number of H-pyrrole nitrogens is 1. The van der Waals surface area contributed by atoms with Gasteiger partial charge in [-0.05, 0) is 18.3 Å². The third-order valence-electron chi connectivity index (χ3n) is 3.44. The molecule has 1 aromatic heterocycles. The number of nitrogens with zero attached hydrogens (tertiary/aromatic N) is 2. The number of likely N-dealkylation sites (tertiary alicyclic amines) is 1. The van der Waals surface area contributed by atoms with E-state index < -0.39 is 6.09 Å². The third-order valence-corrected chi connectivity index (χ3v) is 3.44. The van der Waals surface area contributed by atoms with E-state index in [0.717, 1.165) is 18.7 Å². The lowest BCUT2D eigenvalue weighted by molar-refractivity contribution is 0.0851. The summed E-state index contributed by atoms with van der Waals surface area (Å²) < 4.78 is 0. The summed E-state index contributed by atoms with van der Waals surface area (Å²) in [5.74, 6) is 0.749. The second-order valence-electron chi connectivity index (χ2n) is 5.64. The third kappa shape index (κ3) is 2.14. The summed E-state index contributed by atoms with van der Waals surface area (Å²) in [7, 11) is 0. The molecule has 2 rings (SSSR count). The number of carbonyl (C=O) groups is 1. The number of carboxylic acid groups (broad SMARTS) is 1. The van der Waals surface area contributed by atoms with E-state index in [1.807, 2.05) is 0 Å². The Balaban J connectivity index is 2.29. The van der Waals surface area contributed by atoms with Gasteiger partial charge in [0.15, 0.2) is 0 Å². The molecule has 1 saturated heterocycles. The number of aromatic nitrogens is 2. The van der Waals surface area contributed by atoms with Crippen LogP contribution in [0.15, 0.2) is 12.4 Å². The van der Waals surface area contributed by atoms with Crippen LogP contribution in [0.2, 0.25) is 0 Å². The van der Waals surface area contributed by atoms with Crippen LogP contribution in [0.3, 0.4) is 0 Å². The van der Waals surface area contributed by atoms with Crippen molar-refractivity contribution in [3.05, 3.63) is 18.2 Å². The van der Waals surface area contributed by atoms with Crippen LogP contribution in [0.4, 0.5) is 4.79 Å². The summed E-state index contributed by atoms with van der Waals surface area (Å²) in [5, 5.41) is 9.40. The number of rotatable bonds is 1. The fourth-order valence-corrected chi connectivity index (χ4v) is 2.66. The molecule has 2 heterocycles. The number of imidazole rings is 1. The van der Waals surface area contributed by atoms with E-state index in [1.54, 1.807) is 17.3 Å². The smallest absolute Gasteiger partial charge is 0.408 e. The van der Waals surface area contributed by atoms with Gasteiger partial charge in [0.1, 0.15) is 5.82 Å². The van der Waals surface area contributed by atoms with Crippen LogP contribution in [0.25, 0.3) is 0 Å². The Morgan fingerprint density at radius 3 is 2.71 bits per heavy atom. The minimum Gasteiger partial charge on any atom is -0.465 e. The molecule has 5 nitrogen and oxygen atoms in total. The molecule has 0 aliphatic carbocycles. The van der Waals surface area contributed by atoms with Gasteiger partial charge in [-0.3, -0.25) is 4.90 Å². The van der Waals surface area contributed by atoms with Gasteiger partial charge in [-0.15, -0.1) is 0 Å². The quantitative estimate of drug-likeness (QED) is 0.788. The fourth-order valence-electron chi connectivity index (χ4n) is 2.66. The van der Waals surface area contributed by atoms with Crippen molar-refractivity contribution in [1.82, 2.24) is 14.9 Å². The number of amides is 1. The molecule has 0 saturated carbocycles. The van der Waals surface area contributed by atoms with Gasteiger partial charge >= 0.3 is 6.09 Å². The van der Waals surface area contributed by atoms with Crippen molar-refractivity contribution in [2.75, 3.05) is 0 Å². The highest BCUT2D eigenvalue weighted by molar-refractivity contribution is 5.66. The van der Waals surface area contributed by atoms with E-state index >= 15 is 0 Å². The number of hydrogen-bond donors (Lipinski definition) is 2. The standard InChI is InChI=1S/C12H19N3O2/c1-12(2,3)9-5-4-8(15(9)11(16)17)10-13-6-7-14-10/h6-9H,4-5H2,1-3H3,(H,13,14)(H,16,17). The van der Waals surface area contributed by atoms with Crippen molar-refractivity contribution in [3.63, 3.8) is 0 Å². The summed E-state index contributed by atoms with van der Waals surface area (Å²) in [6.45, 7) is 6.24. The van der Waals surface area contributed by atoms with Gasteiger partial charge in [0, 0.05) is 18.4 Å². The van der Waals surface area contributed by atoms with E-state index in [2.05, 4.69) is 30.7 Å². The molecule has 1 aliphatic heterocycles. The molecule has 94 valence electrons. The molecule has 0 bridgehead atoms. The van der Waals surface area contributed by atoms with Crippen molar-refractivity contribution in [2.45, 2.75) is 45.7 Å². The van der Waals surface area contributed by atoms with Crippen LogP contribution >= 0.6 is 0 Å². The van der Waals surface area contributed by atoms with Crippen LogP contribution in [0.1, 0.15) is 45.5 Å². The first-order valence-corrected chi connectivity index (χ1v) is 5.92. The highest BCUT2D eigenvalue weighted by Gasteiger charge is 2.44. The molecule has 0 spiro atoms. The van der Waals surface area contributed by atoms with Crippen LogP contribution in [-0.2, 0) is 0 Å². The molecule has 1 aromatic rings. The minimum atomic E-state index is -0.858. The Morgan fingerprint density at radius 1 is 1.53 bits per heavy atom. The lowest BCUT2D eigenvalue weighted by Crippen LogP contribution is -2.43. The SMILES string of the molecule is CC(C)(C)C1CCC(c2ncc[nH]2)N1C(=O)O. The Kier molecular flexibility index (Phi) is 2.85. The zero-order chi connectivity index (χ0) is 12.6. The first kappa shape index (κ1) is 12.0. The van der Waals surface area contributed by atoms with E-state index in [-0.39, 0.29) is 17.5 Å². The monoisotopic (exact) mass is 237 g/mol. The average molecular weight is 237 g/mol. The lowest BCUT2D eigenvalue weighted by Gasteiger charge is -2.35. The van der Waals surface area contributed by atoms with Gasteiger partial charge in [-0.2, -0.15) is 0 Å². The van der Waals surface area contributed by atoms with Gasteiger partial charge in [-0.25, -0.2) is 9.78 Å². The molecule has 1 aliphatic rings. The largest absolute Gasteiger partial charge is 0.465 e. The Hall–Kier alpha value is -1.52. The Labute approximate surface area is 101 Å². The second-order valence-corrected chi connectivity index (χ2v) is 5.64. The maximum atomic E-state index is 11.4. The predicted octanol–water partition coefficient (Wildman–Crippen LogP) is 2.64. The lowest BCUT2D eigenvalue weighted by atomic mass is 9.85. The molecular weight excluding hydrogens is 218 g/mol. The summed E-state index contributed by atoms with van der Waals surface area (Å²) in [4.78, 5) is 20.2. The van der Waals surface area contributed by atoms with Gasteiger partial charge < -0.3 is 10.1 Å². The van der Waals surface area contributed by atoms with Crippen LogP contribution in [-0.4, -0.2) is 32.1 Å². The Bertz CT molecular complexity index is 394. The van der Waals surface area contributed by atoms with Gasteiger partial charge in [0.05, 0.1) is 6.04 Å². The molecule has 1 fully saturated rings. The first-order chi connectivity index (χ1) is 7.91. The van der Waals surface area contributed by atoms with Crippen molar-refractivity contribution < 1.29 is 9.90 Å².